The van der Waals surface area contributed by atoms with Gasteiger partial charge in [0.15, 0.2) is 5.16 Å². The standard InChI is InChI=1S/C24H21ClN4O4S/c1-32-21-9-6-17(13-20(21)25)28-22(30)15-34-24-26-10-11-29(24)18-7-4-16(5-8-18)23(31)27-14-19-3-2-12-33-19/h2-13H,14-15H2,1H3,(H,27,31)(H,28,30). The predicted octanol–water partition coefficient (Wildman–Crippen LogP) is 4.79. The van der Waals surface area contributed by atoms with Crippen LogP contribution in [0.2, 0.25) is 5.02 Å². The number of nitrogens with one attached hydrogen (secondary N) is 2. The molecular formula is C24H21ClN4O4S. The van der Waals surface area contributed by atoms with E-state index in [1.54, 1.807) is 61.1 Å². The molecule has 0 atom stereocenters. The average Bonchev–Trinajstić information content (AvgIpc) is 3.54. The van der Waals surface area contributed by atoms with E-state index in [9.17, 15) is 9.59 Å². The summed E-state index contributed by atoms with van der Waals surface area (Å²) >= 11 is 7.40. The number of anilines is 1. The highest BCUT2D eigenvalue weighted by molar-refractivity contribution is 7.99. The third-order valence-electron chi connectivity index (χ3n) is 4.79. The van der Waals surface area contributed by atoms with Crippen molar-refractivity contribution >= 4 is 40.9 Å². The van der Waals surface area contributed by atoms with Crippen LogP contribution in [0.25, 0.3) is 5.69 Å². The number of rotatable bonds is 9. The highest BCUT2D eigenvalue weighted by Crippen LogP contribution is 2.27. The van der Waals surface area contributed by atoms with Crippen molar-refractivity contribution in [2.24, 2.45) is 0 Å². The normalized spacial score (nSPS) is 10.6. The molecule has 2 heterocycles. The number of thioether (sulfide) groups is 1. The molecule has 0 saturated heterocycles. The van der Waals surface area contributed by atoms with Gasteiger partial charge in [0.1, 0.15) is 11.5 Å². The van der Waals surface area contributed by atoms with Crippen molar-refractivity contribution in [3.8, 4) is 11.4 Å². The van der Waals surface area contributed by atoms with Crippen LogP contribution in [0.3, 0.4) is 0 Å². The number of hydrogen-bond acceptors (Lipinski definition) is 6. The second-order valence-electron chi connectivity index (χ2n) is 7.07. The Hall–Kier alpha value is -3.69. The number of methoxy groups -OCH3 is 1. The number of carbonyl (C=O) groups is 2. The molecule has 2 amide bonds. The molecule has 4 rings (SSSR count). The molecule has 34 heavy (non-hydrogen) atoms. The Morgan fingerprint density at radius 2 is 2.00 bits per heavy atom. The zero-order valence-corrected chi connectivity index (χ0v) is 19.7. The SMILES string of the molecule is COc1ccc(NC(=O)CSc2nccn2-c2ccc(C(=O)NCc3ccco3)cc2)cc1Cl. The van der Waals surface area contributed by atoms with Gasteiger partial charge >= 0.3 is 0 Å². The molecule has 0 spiro atoms. The fraction of sp³-hybridized carbons (Fsp3) is 0.125. The maximum absolute atomic E-state index is 12.4. The molecule has 0 bridgehead atoms. The Morgan fingerprint density at radius 3 is 2.71 bits per heavy atom. The van der Waals surface area contributed by atoms with Gasteiger partial charge in [-0.1, -0.05) is 23.4 Å². The Balaban J connectivity index is 1.34. The van der Waals surface area contributed by atoms with Crippen LogP contribution in [0, 0.1) is 0 Å². The smallest absolute Gasteiger partial charge is 0.251 e. The van der Waals surface area contributed by atoms with Crippen molar-refractivity contribution in [3.05, 3.63) is 89.6 Å². The second-order valence-corrected chi connectivity index (χ2v) is 8.42. The van der Waals surface area contributed by atoms with Crippen LogP contribution in [0.5, 0.6) is 5.75 Å². The summed E-state index contributed by atoms with van der Waals surface area (Å²) in [5, 5.41) is 6.69. The van der Waals surface area contributed by atoms with Crippen LogP contribution >= 0.6 is 23.4 Å². The van der Waals surface area contributed by atoms with E-state index in [1.807, 2.05) is 16.7 Å². The molecule has 0 aliphatic heterocycles. The molecule has 10 heteroatoms. The third kappa shape index (κ3) is 5.81. The molecule has 2 aromatic carbocycles. The van der Waals surface area contributed by atoms with E-state index in [0.29, 0.717) is 39.5 Å². The largest absolute Gasteiger partial charge is 0.495 e. The maximum Gasteiger partial charge on any atom is 0.251 e. The number of furan rings is 1. The van der Waals surface area contributed by atoms with Gasteiger partial charge in [0.05, 0.1) is 30.7 Å². The lowest BCUT2D eigenvalue weighted by Gasteiger charge is -2.10. The van der Waals surface area contributed by atoms with E-state index in [0.717, 1.165) is 5.69 Å². The van der Waals surface area contributed by atoms with Crippen LogP contribution in [0.1, 0.15) is 16.1 Å². The van der Waals surface area contributed by atoms with Gasteiger partial charge in [-0.25, -0.2) is 4.98 Å². The number of imidazole rings is 1. The molecule has 174 valence electrons. The zero-order valence-electron chi connectivity index (χ0n) is 18.2. The van der Waals surface area contributed by atoms with Crippen molar-refractivity contribution in [2.75, 3.05) is 18.2 Å². The van der Waals surface area contributed by atoms with Gasteiger partial charge < -0.3 is 19.8 Å². The molecule has 0 fully saturated rings. The minimum atomic E-state index is -0.196. The molecule has 2 aromatic heterocycles. The second kappa shape index (κ2) is 11.0. The Bertz CT molecular complexity index is 1270. The number of halogens is 1. The summed E-state index contributed by atoms with van der Waals surface area (Å²) in [6, 6.07) is 15.8. The number of ether oxygens (including phenoxy) is 1. The lowest BCUT2D eigenvalue weighted by Crippen LogP contribution is -2.22. The summed E-state index contributed by atoms with van der Waals surface area (Å²) in [6.07, 6.45) is 5.03. The number of carbonyl (C=O) groups excluding carboxylic acids is 2. The minimum Gasteiger partial charge on any atom is -0.495 e. The predicted molar refractivity (Wildman–Crippen MR) is 131 cm³/mol. The van der Waals surface area contributed by atoms with Crippen LogP contribution in [-0.4, -0.2) is 34.2 Å². The van der Waals surface area contributed by atoms with Gasteiger partial charge in [-0.15, -0.1) is 0 Å². The fourth-order valence-electron chi connectivity index (χ4n) is 3.12. The minimum absolute atomic E-state index is 0.161. The quantitative estimate of drug-likeness (QED) is 0.323. The van der Waals surface area contributed by atoms with Crippen molar-refractivity contribution in [1.82, 2.24) is 14.9 Å². The van der Waals surface area contributed by atoms with Crippen LogP contribution in [0.15, 0.2) is 82.8 Å². The summed E-state index contributed by atoms with van der Waals surface area (Å²) in [4.78, 5) is 29.1. The molecule has 0 saturated carbocycles. The van der Waals surface area contributed by atoms with Crippen molar-refractivity contribution in [3.63, 3.8) is 0 Å². The molecule has 0 radical (unpaired) electrons. The molecule has 4 aromatic rings. The number of nitrogens with zero attached hydrogens (tertiary/aromatic N) is 2. The lowest BCUT2D eigenvalue weighted by atomic mass is 10.2. The van der Waals surface area contributed by atoms with Gasteiger partial charge in [0, 0.05) is 29.3 Å². The van der Waals surface area contributed by atoms with E-state index in [1.165, 1.54) is 18.9 Å². The van der Waals surface area contributed by atoms with Crippen molar-refractivity contribution < 1.29 is 18.7 Å². The molecule has 0 aliphatic rings. The van der Waals surface area contributed by atoms with Crippen molar-refractivity contribution in [1.29, 1.82) is 0 Å². The first kappa shape index (κ1) is 23.5. The Kier molecular flexibility index (Phi) is 7.56. The summed E-state index contributed by atoms with van der Waals surface area (Å²) in [5.74, 6) is 0.998. The molecule has 0 aliphatic carbocycles. The van der Waals surface area contributed by atoms with Gasteiger partial charge in [0.2, 0.25) is 5.91 Å². The van der Waals surface area contributed by atoms with Gasteiger partial charge in [-0.3, -0.25) is 14.2 Å². The number of hydrogen-bond donors (Lipinski definition) is 2. The number of benzene rings is 2. The molecule has 0 unspecified atom stereocenters. The van der Waals surface area contributed by atoms with E-state index in [-0.39, 0.29) is 17.6 Å². The van der Waals surface area contributed by atoms with Crippen LogP contribution in [0.4, 0.5) is 5.69 Å². The summed E-state index contributed by atoms with van der Waals surface area (Å²) in [7, 11) is 1.53. The van der Waals surface area contributed by atoms with E-state index < -0.39 is 0 Å². The third-order valence-corrected chi connectivity index (χ3v) is 6.05. The van der Waals surface area contributed by atoms with Crippen molar-refractivity contribution in [2.45, 2.75) is 11.7 Å². The first-order valence-corrected chi connectivity index (χ1v) is 11.6. The molecule has 2 N–H and O–H groups in total. The van der Waals surface area contributed by atoms with Gasteiger partial charge in [-0.05, 0) is 54.6 Å². The monoisotopic (exact) mass is 496 g/mol. The number of amides is 2. The van der Waals surface area contributed by atoms with Crippen LogP contribution in [-0.2, 0) is 11.3 Å². The Labute approximate surface area is 205 Å². The maximum atomic E-state index is 12.4. The van der Waals surface area contributed by atoms with E-state index >= 15 is 0 Å². The lowest BCUT2D eigenvalue weighted by molar-refractivity contribution is -0.113. The number of aromatic nitrogens is 2. The summed E-state index contributed by atoms with van der Waals surface area (Å²) in [6.45, 7) is 0.320. The molecular weight excluding hydrogens is 476 g/mol. The van der Waals surface area contributed by atoms with Gasteiger partial charge in [-0.2, -0.15) is 0 Å². The summed E-state index contributed by atoms with van der Waals surface area (Å²) in [5.41, 5.74) is 1.94. The van der Waals surface area contributed by atoms with E-state index in [2.05, 4.69) is 15.6 Å². The topological polar surface area (TPSA) is 98.4 Å². The summed E-state index contributed by atoms with van der Waals surface area (Å²) < 4.78 is 12.2. The first-order chi connectivity index (χ1) is 16.5. The first-order valence-electron chi connectivity index (χ1n) is 10.2. The Morgan fingerprint density at radius 1 is 1.18 bits per heavy atom. The molecule has 8 nitrogen and oxygen atoms in total. The highest BCUT2D eigenvalue weighted by atomic mass is 35.5. The van der Waals surface area contributed by atoms with Gasteiger partial charge in [0.25, 0.3) is 5.91 Å². The zero-order chi connectivity index (χ0) is 23.9. The van der Waals surface area contributed by atoms with Crippen LogP contribution < -0.4 is 15.4 Å². The van der Waals surface area contributed by atoms with E-state index in [4.69, 9.17) is 20.8 Å². The fourth-order valence-corrected chi connectivity index (χ4v) is 4.15. The average molecular weight is 497 g/mol. The highest BCUT2D eigenvalue weighted by Gasteiger charge is 2.12.